The Labute approximate surface area is 94.9 Å². The minimum Gasteiger partial charge on any atom is -0.409 e. The van der Waals surface area contributed by atoms with Crippen molar-refractivity contribution in [2.24, 2.45) is 10.9 Å². The standard InChI is InChI=1S/C11H17N3O2/c1-16-8-9-4-2-3-5-10(9)13-7-6-11(12)14-15/h2-5,13,15H,6-8H2,1H3,(H2,12,14). The summed E-state index contributed by atoms with van der Waals surface area (Å²) in [6.07, 6.45) is 0.498. The fourth-order valence-corrected chi connectivity index (χ4v) is 1.35. The molecular weight excluding hydrogens is 206 g/mol. The maximum atomic E-state index is 8.39. The summed E-state index contributed by atoms with van der Waals surface area (Å²) < 4.78 is 5.09. The van der Waals surface area contributed by atoms with Crippen LogP contribution in [0.5, 0.6) is 0 Å². The first kappa shape index (κ1) is 12.3. The Morgan fingerprint density at radius 1 is 1.50 bits per heavy atom. The summed E-state index contributed by atoms with van der Waals surface area (Å²) in [6, 6.07) is 7.88. The summed E-state index contributed by atoms with van der Waals surface area (Å²) >= 11 is 0. The number of amidine groups is 1. The molecule has 4 N–H and O–H groups in total. The molecule has 5 nitrogen and oxygen atoms in total. The Kier molecular flexibility index (Phi) is 5.15. The molecule has 0 aromatic heterocycles. The van der Waals surface area contributed by atoms with Gasteiger partial charge < -0.3 is 21.0 Å². The zero-order valence-electron chi connectivity index (χ0n) is 9.31. The first-order valence-corrected chi connectivity index (χ1v) is 5.05. The van der Waals surface area contributed by atoms with Crippen LogP contribution >= 0.6 is 0 Å². The van der Waals surface area contributed by atoms with E-state index in [4.69, 9.17) is 15.7 Å². The van der Waals surface area contributed by atoms with E-state index in [1.54, 1.807) is 7.11 Å². The zero-order chi connectivity index (χ0) is 11.8. The summed E-state index contributed by atoms with van der Waals surface area (Å²) in [5, 5.41) is 14.5. The van der Waals surface area contributed by atoms with Crippen LogP contribution in [0, 0.1) is 0 Å². The maximum Gasteiger partial charge on any atom is 0.140 e. The van der Waals surface area contributed by atoms with Crippen LogP contribution in [-0.4, -0.2) is 24.7 Å². The summed E-state index contributed by atoms with van der Waals surface area (Å²) in [5.74, 6) is 0.219. The minimum absolute atomic E-state index is 0.219. The predicted octanol–water partition coefficient (Wildman–Crippen LogP) is 1.38. The van der Waals surface area contributed by atoms with E-state index in [9.17, 15) is 0 Å². The van der Waals surface area contributed by atoms with Gasteiger partial charge in [-0.1, -0.05) is 23.4 Å². The normalized spacial score (nSPS) is 11.4. The molecule has 0 aliphatic heterocycles. The SMILES string of the molecule is COCc1ccccc1NCCC(N)=NO. The molecule has 0 amide bonds. The Hall–Kier alpha value is -1.75. The van der Waals surface area contributed by atoms with Crippen molar-refractivity contribution in [3.05, 3.63) is 29.8 Å². The lowest BCUT2D eigenvalue weighted by Crippen LogP contribution is -2.17. The van der Waals surface area contributed by atoms with Crippen LogP contribution in [0.2, 0.25) is 0 Å². The number of ether oxygens (including phenoxy) is 1. The van der Waals surface area contributed by atoms with Gasteiger partial charge >= 0.3 is 0 Å². The van der Waals surface area contributed by atoms with E-state index in [1.807, 2.05) is 24.3 Å². The molecule has 0 saturated carbocycles. The fourth-order valence-electron chi connectivity index (χ4n) is 1.35. The van der Waals surface area contributed by atoms with E-state index in [0.717, 1.165) is 11.3 Å². The monoisotopic (exact) mass is 223 g/mol. The number of benzene rings is 1. The van der Waals surface area contributed by atoms with Gasteiger partial charge in [-0.3, -0.25) is 0 Å². The molecule has 0 aliphatic carbocycles. The Morgan fingerprint density at radius 2 is 2.25 bits per heavy atom. The van der Waals surface area contributed by atoms with Crippen LogP contribution < -0.4 is 11.1 Å². The molecule has 0 heterocycles. The number of nitrogens with one attached hydrogen (secondary N) is 1. The highest BCUT2D eigenvalue weighted by Crippen LogP contribution is 2.15. The van der Waals surface area contributed by atoms with Crippen molar-refractivity contribution in [1.82, 2.24) is 0 Å². The first-order chi connectivity index (χ1) is 7.77. The number of hydrogen-bond acceptors (Lipinski definition) is 4. The highest BCUT2D eigenvalue weighted by Gasteiger charge is 2.00. The van der Waals surface area contributed by atoms with Gasteiger partial charge in [-0.2, -0.15) is 0 Å². The molecular formula is C11H17N3O2. The van der Waals surface area contributed by atoms with E-state index >= 15 is 0 Å². The Morgan fingerprint density at radius 3 is 2.94 bits per heavy atom. The number of hydrogen-bond donors (Lipinski definition) is 3. The lowest BCUT2D eigenvalue weighted by Gasteiger charge is -2.10. The second-order valence-electron chi connectivity index (χ2n) is 3.36. The van der Waals surface area contributed by atoms with Crippen LogP contribution in [0.15, 0.2) is 29.4 Å². The minimum atomic E-state index is 0.219. The van der Waals surface area contributed by atoms with Crippen molar-refractivity contribution in [2.45, 2.75) is 13.0 Å². The topological polar surface area (TPSA) is 79.9 Å². The largest absolute Gasteiger partial charge is 0.409 e. The molecule has 0 atom stereocenters. The Bertz CT molecular complexity index is 353. The van der Waals surface area contributed by atoms with Crippen LogP contribution in [0.4, 0.5) is 5.69 Å². The molecule has 1 rings (SSSR count). The van der Waals surface area contributed by atoms with Crippen molar-refractivity contribution in [3.8, 4) is 0 Å². The van der Waals surface area contributed by atoms with Gasteiger partial charge in [-0.25, -0.2) is 0 Å². The van der Waals surface area contributed by atoms with E-state index in [-0.39, 0.29) is 5.84 Å². The molecule has 0 unspecified atom stereocenters. The van der Waals surface area contributed by atoms with Crippen molar-refractivity contribution in [3.63, 3.8) is 0 Å². The molecule has 0 aliphatic rings. The van der Waals surface area contributed by atoms with E-state index in [0.29, 0.717) is 19.6 Å². The molecule has 0 fully saturated rings. The molecule has 5 heteroatoms. The molecule has 0 saturated heterocycles. The van der Waals surface area contributed by atoms with Crippen LogP contribution in [0.1, 0.15) is 12.0 Å². The predicted molar refractivity (Wildman–Crippen MR) is 63.7 cm³/mol. The van der Waals surface area contributed by atoms with Gasteiger partial charge in [0.05, 0.1) is 6.61 Å². The molecule has 88 valence electrons. The molecule has 0 spiro atoms. The lowest BCUT2D eigenvalue weighted by atomic mass is 10.2. The van der Waals surface area contributed by atoms with E-state index in [1.165, 1.54) is 0 Å². The average Bonchev–Trinajstić information content (AvgIpc) is 2.31. The summed E-state index contributed by atoms with van der Waals surface area (Å²) in [6.45, 7) is 1.18. The third kappa shape index (κ3) is 3.78. The summed E-state index contributed by atoms with van der Waals surface area (Å²) in [5.41, 5.74) is 7.47. The maximum absolute atomic E-state index is 8.39. The van der Waals surface area contributed by atoms with Crippen molar-refractivity contribution < 1.29 is 9.94 Å². The third-order valence-corrected chi connectivity index (χ3v) is 2.14. The number of oxime groups is 1. The van der Waals surface area contributed by atoms with Crippen LogP contribution in [0.3, 0.4) is 0 Å². The number of methoxy groups -OCH3 is 1. The van der Waals surface area contributed by atoms with Gasteiger partial charge in [0, 0.05) is 31.3 Å². The third-order valence-electron chi connectivity index (χ3n) is 2.14. The molecule has 16 heavy (non-hydrogen) atoms. The number of rotatable bonds is 6. The molecule has 0 radical (unpaired) electrons. The van der Waals surface area contributed by atoms with Crippen molar-refractivity contribution in [1.29, 1.82) is 0 Å². The van der Waals surface area contributed by atoms with Gasteiger partial charge in [0.2, 0.25) is 0 Å². The number of anilines is 1. The molecule has 0 bridgehead atoms. The van der Waals surface area contributed by atoms with Gasteiger partial charge in [0.25, 0.3) is 0 Å². The summed E-state index contributed by atoms with van der Waals surface area (Å²) in [7, 11) is 1.66. The first-order valence-electron chi connectivity index (χ1n) is 5.05. The molecule has 1 aromatic carbocycles. The lowest BCUT2D eigenvalue weighted by molar-refractivity contribution is 0.185. The van der Waals surface area contributed by atoms with Crippen LogP contribution in [0.25, 0.3) is 0 Å². The summed E-state index contributed by atoms with van der Waals surface area (Å²) in [4.78, 5) is 0. The second kappa shape index (κ2) is 6.68. The number of nitrogens with zero attached hydrogens (tertiary/aromatic N) is 1. The average molecular weight is 223 g/mol. The van der Waals surface area contributed by atoms with E-state index < -0.39 is 0 Å². The van der Waals surface area contributed by atoms with Crippen LogP contribution in [-0.2, 0) is 11.3 Å². The van der Waals surface area contributed by atoms with Gasteiger partial charge in [0.1, 0.15) is 5.84 Å². The number of nitrogens with two attached hydrogens (primary N) is 1. The smallest absolute Gasteiger partial charge is 0.140 e. The van der Waals surface area contributed by atoms with Gasteiger partial charge in [0.15, 0.2) is 0 Å². The highest BCUT2D eigenvalue weighted by atomic mass is 16.5. The van der Waals surface area contributed by atoms with Gasteiger partial charge in [-0.05, 0) is 6.07 Å². The second-order valence-corrected chi connectivity index (χ2v) is 3.36. The van der Waals surface area contributed by atoms with E-state index in [2.05, 4.69) is 10.5 Å². The zero-order valence-corrected chi connectivity index (χ0v) is 9.31. The Balaban J connectivity index is 2.52. The highest BCUT2D eigenvalue weighted by molar-refractivity contribution is 5.80. The fraction of sp³-hybridized carbons (Fsp3) is 0.364. The van der Waals surface area contributed by atoms with Crippen molar-refractivity contribution >= 4 is 11.5 Å². The molecule has 1 aromatic rings. The number of para-hydroxylation sites is 1. The van der Waals surface area contributed by atoms with Crippen molar-refractivity contribution in [2.75, 3.05) is 19.0 Å². The quantitative estimate of drug-likeness (QED) is 0.294. The van der Waals surface area contributed by atoms with Gasteiger partial charge in [-0.15, -0.1) is 0 Å².